The van der Waals surface area contributed by atoms with Gasteiger partial charge in [-0.25, -0.2) is 8.42 Å². The van der Waals surface area contributed by atoms with E-state index in [1.807, 2.05) is 36.4 Å². The maximum Gasteiger partial charge on any atom is 0.265 e. The second kappa shape index (κ2) is 8.65. The molecule has 3 aromatic carbocycles. The molecule has 1 saturated heterocycles. The zero-order valence-corrected chi connectivity index (χ0v) is 19.4. The average Bonchev–Trinajstić information content (AvgIpc) is 3.07. The summed E-state index contributed by atoms with van der Waals surface area (Å²) >= 11 is 0. The predicted octanol–water partition coefficient (Wildman–Crippen LogP) is 3.59. The third kappa shape index (κ3) is 3.92. The van der Waals surface area contributed by atoms with Gasteiger partial charge in [-0.15, -0.1) is 0 Å². The molecule has 0 spiro atoms. The van der Waals surface area contributed by atoms with E-state index in [2.05, 4.69) is 29.2 Å². The lowest BCUT2D eigenvalue weighted by Crippen LogP contribution is -2.54. The van der Waals surface area contributed by atoms with Crippen LogP contribution in [0.15, 0.2) is 77.7 Å². The fourth-order valence-corrected chi connectivity index (χ4v) is 6.62. The molecule has 1 amide bonds. The van der Waals surface area contributed by atoms with Crippen molar-refractivity contribution in [1.82, 2.24) is 9.80 Å². The predicted molar refractivity (Wildman–Crippen MR) is 132 cm³/mol. The van der Waals surface area contributed by atoms with E-state index in [1.54, 1.807) is 30.0 Å². The first-order valence-electron chi connectivity index (χ1n) is 11.3. The Morgan fingerprint density at radius 2 is 1.64 bits per heavy atom. The number of carbonyl (C=O) groups excluding carboxylic acids is 1. The number of rotatable bonds is 5. The van der Waals surface area contributed by atoms with E-state index >= 15 is 0 Å². The van der Waals surface area contributed by atoms with Crippen molar-refractivity contribution in [2.24, 2.45) is 0 Å². The summed E-state index contributed by atoms with van der Waals surface area (Å²) in [6, 6.07) is 20.2. The van der Waals surface area contributed by atoms with Crippen LogP contribution < -0.4 is 4.31 Å². The summed E-state index contributed by atoms with van der Waals surface area (Å²) in [6.45, 7) is 5.23. The molecule has 0 N–H and O–H groups in total. The lowest BCUT2D eigenvalue weighted by Gasteiger charge is -2.37. The first kappa shape index (κ1) is 21.7. The number of carbonyl (C=O) groups is 1. The van der Waals surface area contributed by atoms with Crippen LogP contribution in [0.5, 0.6) is 0 Å². The summed E-state index contributed by atoms with van der Waals surface area (Å²) in [5.74, 6) is -0.150. The van der Waals surface area contributed by atoms with E-state index in [4.69, 9.17) is 0 Å². The lowest BCUT2D eigenvalue weighted by molar-refractivity contribution is -0.133. The van der Waals surface area contributed by atoms with Gasteiger partial charge in [-0.05, 0) is 30.0 Å². The van der Waals surface area contributed by atoms with Gasteiger partial charge >= 0.3 is 0 Å². The molecule has 170 valence electrons. The van der Waals surface area contributed by atoms with E-state index in [0.29, 0.717) is 24.2 Å². The van der Waals surface area contributed by atoms with Gasteiger partial charge in [0.15, 0.2) is 0 Å². The van der Waals surface area contributed by atoms with Crippen molar-refractivity contribution < 1.29 is 13.2 Å². The largest absolute Gasteiger partial charge is 0.338 e. The second-order valence-corrected chi connectivity index (χ2v) is 10.3. The van der Waals surface area contributed by atoms with Crippen molar-refractivity contribution in [3.05, 3.63) is 78.4 Å². The van der Waals surface area contributed by atoms with Crippen molar-refractivity contribution in [3.8, 4) is 0 Å². The molecule has 5 rings (SSSR count). The van der Waals surface area contributed by atoms with Gasteiger partial charge in [0.25, 0.3) is 10.0 Å². The fourth-order valence-electron chi connectivity index (χ4n) is 4.76. The van der Waals surface area contributed by atoms with Crippen molar-refractivity contribution in [2.45, 2.75) is 17.9 Å². The Morgan fingerprint density at radius 3 is 2.36 bits per heavy atom. The van der Waals surface area contributed by atoms with Gasteiger partial charge in [-0.3, -0.25) is 14.0 Å². The van der Waals surface area contributed by atoms with E-state index in [0.717, 1.165) is 25.0 Å². The maximum absolute atomic E-state index is 13.3. The molecule has 6 nitrogen and oxygen atoms in total. The number of hydrogen-bond donors (Lipinski definition) is 0. The Hall–Kier alpha value is -3.16. The zero-order valence-electron chi connectivity index (χ0n) is 18.6. The highest BCUT2D eigenvalue weighted by Gasteiger charge is 2.42. The summed E-state index contributed by atoms with van der Waals surface area (Å²) < 4.78 is 27.9. The smallest absolute Gasteiger partial charge is 0.265 e. The Balaban J connectivity index is 1.26. The van der Waals surface area contributed by atoms with Crippen LogP contribution in [0.2, 0.25) is 0 Å². The molecular weight excluding hydrogens is 434 g/mol. The van der Waals surface area contributed by atoms with Crippen LogP contribution in [0.4, 0.5) is 5.69 Å². The quantitative estimate of drug-likeness (QED) is 0.583. The van der Waals surface area contributed by atoms with Gasteiger partial charge in [0, 0.05) is 38.1 Å². The average molecular weight is 462 g/mol. The molecule has 0 bridgehead atoms. The van der Waals surface area contributed by atoms with Crippen LogP contribution in [-0.2, 0) is 14.8 Å². The molecule has 33 heavy (non-hydrogen) atoms. The van der Waals surface area contributed by atoms with Gasteiger partial charge < -0.3 is 4.90 Å². The van der Waals surface area contributed by atoms with E-state index in [-0.39, 0.29) is 10.8 Å². The number of amides is 1. The zero-order chi connectivity index (χ0) is 23.0. The standard InChI is InChI=1S/C26H27N3O3S/c1-20(29-23-13-5-11-22-12-6-14-24(25(22)23)33(29,31)32)26(30)28-18-16-27(17-19-28)15-7-10-21-8-3-2-4-9-21/h2-14,20H,15-19H2,1H3/b10-7+/t20-/m0/s1. The minimum Gasteiger partial charge on any atom is -0.338 e. The maximum atomic E-state index is 13.3. The molecule has 2 aliphatic rings. The monoisotopic (exact) mass is 461 g/mol. The Kier molecular flexibility index (Phi) is 5.68. The Bertz CT molecular complexity index is 1310. The summed E-state index contributed by atoms with van der Waals surface area (Å²) in [5, 5.41) is 1.57. The molecule has 2 heterocycles. The second-order valence-electron chi connectivity index (χ2n) is 8.55. The van der Waals surface area contributed by atoms with Gasteiger partial charge in [-0.2, -0.15) is 0 Å². The summed E-state index contributed by atoms with van der Waals surface area (Å²) in [6.07, 6.45) is 4.25. The minimum absolute atomic E-state index is 0.150. The number of hydrogen-bond acceptors (Lipinski definition) is 4. The van der Waals surface area contributed by atoms with Crippen molar-refractivity contribution in [2.75, 3.05) is 37.0 Å². The van der Waals surface area contributed by atoms with E-state index < -0.39 is 16.1 Å². The lowest BCUT2D eigenvalue weighted by atomic mass is 10.1. The first-order chi connectivity index (χ1) is 16.0. The molecule has 1 fully saturated rings. The van der Waals surface area contributed by atoms with Crippen LogP contribution in [-0.4, -0.2) is 62.9 Å². The number of benzene rings is 3. The molecule has 0 radical (unpaired) electrons. The van der Waals surface area contributed by atoms with Crippen LogP contribution in [0.1, 0.15) is 12.5 Å². The molecule has 7 heteroatoms. The third-order valence-electron chi connectivity index (χ3n) is 6.49. The normalized spacial score (nSPS) is 18.8. The summed E-state index contributed by atoms with van der Waals surface area (Å²) in [5.41, 5.74) is 1.76. The highest BCUT2D eigenvalue weighted by Crippen LogP contribution is 2.43. The number of piperazine rings is 1. The molecule has 0 aliphatic carbocycles. The van der Waals surface area contributed by atoms with Gasteiger partial charge in [0.05, 0.1) is 10.6 Å². The van der Waals surface area contributed by atoms with Crippen molar-refractivity contribution in [1.29, 1.82) is 0 Å². The van der Waals surface area contributed by atoms with Crippen LogP contribution >= 0.6 is 0 Å². The summed E-state index contributed by atoms with van der Waals surface area (Å²) in [4.78, 5) is 17.7. The van der Waals surface area contributed by atoms with Gasteiger partial charge in [0.1, 0.15) is 6.04 Å². The highest BCUT2D eigenvalue weighted by molar-refractivity contribution is 7.93. The molecule has 0 saturated carbocycles. The first-order valence-corrected chi connectivity index (χ1v) is 12.7. The molecule has 0 unspecified atom stereocenters. The SMILES string of the molecule is C[C@@H](C(=O)N1CCN(C/C=C/c2ccccc2)CC1)N1c2cccc3cccc(c23)S1(=O)=O. The van der Waals surface area contributed by atoms with Crippen LogP contribution in [0, 0.1) is 0 Å². The molecule has 1 atom stereocenters. The minimum atomic E-state index is -3.76. The highest BCUT2D eigenvalue weighted by atomic mass is 32.2. The topological polar surface area (TPSA) is 60.9 Å². The summed E-state index contributed by atoms with van der Waals surface area (Å²) in [7, 11) is -3.76. The Morgan fingerprint density at radius 1 is 0.939 bits per heavy atom. The number of sulfonamides is 1. The number of anilines is 1. The third-order valence-corrected chi connectivity index (χ3v) is 8.41. The van der Waals surface area contributed by atoms with Crippen LogP contribution in [0.3, 0.4) is 0 Å². The molecule has 0 aromatic heterocycles. The fraction of sp³-hybridized carbons (Fsp3) is 0.269. The molecule has 3 aromatic rings. The molecular formula is C26H27N3O3S. The van der Waals surface area contributed by atoms with Crippen LogP contribution in [0.25, 0.3) is 16.8 Å². The number of nitrogens with zero attached hydrogens (tertiary/aromatic N) is 3. The van der Waals surface area contributed by atoms with Gasteiger partial charge in [-0.1, -0.05) is 66.7 Å². The van der Waals surface area contributed by atoms with Crippen molar-refractivity contribution >= 4 is 38.5 Å². The molecule has 2 aliphatic heterocycles. The van der Waals surface area contributed by atoms with Gasteiger partial charge in [0.2, 0.25) is 5.91 Å². The van der Waals surface area contributed by atoms with E-state index in [1.165, 1.54) is 9.87 Å². The van der Waals surface area contributed by atoms with Crippen molar-refractivity contribution in [3.63, 3.8) is 0 Å². The van der Waals surface area contributed by atoms with E-state index in [9.17, 15) is 13.2 Å². The Labute approximate surface area is 194 Å².